The highest BCUT2D eigenvalue weighted by molar-refractivity contribution is 5.92. The summed E-state index contributed by atoms with van der Waals surface area (Å²) in [7, 11) is 1.40. The van der Waals surface area contributed by atoms with Crippen LogP contribution in [0.25, 0.3) is 0 Å². The van der Waals surface area contributed by atoms with Crippen molar-refractivity contribution in [1.29, 1.82) is 0 Å². The van der Waals surface area contributed by atoms with E-state index in [-0.39, 0.29) is 11.7 Å². The van der Waals surface area contributed by atoms with Crippen LogP contribution < -0.4 is 11.1 Å². The third kappa shape index (κ3) is 3.23. The molecule has 0 aromatic rings. The van der Waals surface area contributed by atoms with Crippen molar-refractivity contribution in [3.63, 3.8) is 0 Å². The smallest absolute Gasteiger partial charge is 0.217 e. The number of nitrogens with two attached hydrogens (primary N) is 1. The number of carbonyl (C=O) groups is 1. The zero-order chi connectivity index (χ0) is 9.78. The Morgan fingerprint density at radius 1 is 1.58 bits per heavy atom. The van der Waals surface area contributed by atoms with Crippen LogP contribution in [-0.4, -0.2) is 24.4 Å². The van der Waals surface area contributed by atoms with Crippen LogP contribution in [0.3, 0.4) is 0 Å². The van der Waals surface area contributed by atoms with Gasteiger partial charge in [0, 0.05) is 6.92 Å². The van der Waals surface area contributed by atoms with Crippen molar-refractivity contribution in [3.8, 4) is 0 Å². The lowest BCUT2D eigenvalue weighted by Gasteiger charge is -2.23. The Hall–Kier alpha value is -1.26. The van der Waals surface area contributed by atoms with Gasteiger partial charge in [0.25, 0.3) is 0 Å². The predicted octanol–water partition coefficient (Wildman–Crippen LogP) is -0.180. The first-order chi connectivity index (χ1) is 5.40. The molecule has 0 aliphatic carbocycles. The fourth-order valence-corrected chi connectivity index (χ4v) is 0.717. The summed E-state index contributed by atoms with van der Waals surface area (Å²) in [5, 5.41) is 6.16. The molecule has 5 nitrogen and oxygen atoms in total. The minimum absolute atomic E-state index is 0.158. The van der Waals surface area contributed by atoms with Crippen LogP contribution in [-0.2, 0) is 9.63 Å². The maximum absolute atomic E-state index is 10.7. The Morgan fingerprint density at radius 2 is 2.08 bits per heavy atom. The number of carbonyl (C=O) groups excluding carboxylic acids is 1. The first-order valence-electron chi connectivity index (χ1n) is 3.56. The summed E-state index contributed by atoms with van der Waals surface area (Å²) < 4.78 is 0. The highest BCUT2D eigenvalue weighted by Gasteiger charge is 2.24. The summed E-state index contributed by atoms with van der Waals surface area (Å²) in [6.45, 7) is 4.90. The molecule has 0 spiro atoms. The van der Waals surface area contributed by atoms with E-state index >= 15 is 0 Å². The second kappa shape index (κ2) is 3.94. The van der Waals surface area contributed by atoms with Gasteiger partial charge in [0.2, 0.25) is 5.91 Å². The third-order valence-corrected chi connectivity index (χ3v) is 1.32. The monoisotopic (exact) mass is 173 g/mol. The molecule has 0 aromatic carbocycles. The van der Waals surface area contributed by atoms with Crippen molar-refractivity contribution >= 4 is 11.7 Å². The fraction of sp³-hybridized carbons (Fsp3) is 0.714. The average Bonchev–Trinajstić information content (AvgIpc) is 1.85. The molecule has 0 saturated carbocycles. The molecule has 0 unspecified atom stereocenters. The Bertz CT molecular complexity index is 199. The number of hydrogen-bond acceptors (Lipinski definition) is 3. The fourth-order valence-electron chi connectivity index (χ4n) is 0.717. The van der Waals surface area contributed by atoms with Gasteiger partial charge < -0.3 is 15.9 Å². The van der Waals surface area contributed by atoms with Crippen molar-refractivity contribution in [2.45, 2.75) is 26.3 Å². The molecule has 0 aliphatic rings. The minimum Gasteiger partial charge on any atom is -0.398 e. The van der Waals surface area contributed by atoms with Gasteiger partial charge in [-0.05, 0) is 13.8 Å². The summed E-state index contributed by atoms with van der Waals surface area (Å²) in [4.78, 5) is 15.2. The lowest BCUT2D eigenvalue weighted by Crippen LogP contribution is -2.52. The Balaban J connectivity index is 4.38. The van der Waals surface area contributed by atoms with Crippen molar-refractivity contribution in [2.75, 3.05) is 7.11 Å². The van der Waals surface area contributed by atoms with Crippen molar-refractivity contribution in [2.24, 2.45) is 10.9 Å². The SMILES string of the molecule is CO/N=C(\N)C(C)(C)NC(C)=O. The van der Waals surface area contributed by atoms with E-state index in [4.69, 9.17) is 5.73 Å². The van der Waals surface area contributed by atoms with Crippen molar-refractivity contribution < 1.29 is 9.63 Å². The summed E-state index contributed by atoms with van der Waals surface area (Å²) >= 11 is 0. The molecule has 1 amide bonds. The molecule has 5 heteroatoms. The van der Waals surface area contributed by atoms with Crippen molar-refractivity contribution in [1.82, 2.24) is 5.32 Å². The van der Waals surface area contributed by atoms with Gasteiger partial charge in [-0.25, -0.2) is 0 Å². The largest absolute Gasteiger partial charge is 0.398 e. The molecule has 0 saturated heterocycles. The standard InChI is InChI=1S/C7H15N3O2/c1-5(11)9-7(2,3)6(8)10-12-4/h1-4H3,(H2,8,10)(H,9,11). The van der Waals surface area contributed by atoms with Crippen LogP contribution in [0.2, 0.25) is 0 Å². The lowest BCUT2D eigenvalue weighted by molar-refractivity contribution is -0.119. The van der Waals surface area contributed by atoms with Crippen LogP contribution in [0.15, 0.2) is 5.16 Å². The molecule has 12 heavy (non-hydrogen) atoms. The quantitative estimate of drug-likeness (QED) is 0.353. The summed E-state index contributed by atoms with van der Waals surface area (Å²) in [6.07, 6.45) is 0. The van der Waals surface area contributed by atoms with Crippen LogP contribution in [0.5, 0.6) is 0 Å². The van der Waals surface area contributed by atoms with Gasteiger partial charge in [-0.3, -0.25) is 4.79 Å². The number of rotatable bonds is 3. The zero-order valence-corrected chi connectivity index (χ0v) is 7.84. The molecule has 3 N–H and O–H groups in total. The van der Waals surface area contributed by atoms with E-state index in [9.17, 15) is 4.79 Å². The number of oxime groups is 1. The maximum atomic E-state index is 10.7. The first-order valence-corrected chi connectivity index (χ1v) is 3.56. The van der Waals surface area contributed by atoms with Crippen LogP contribution >= 0.6 is 0 Å². The molecule has 0 radical (unpaired) electrons. The molecule has 0 aromatic heterocycles. The summed E-state index contributed by atoms with van der Waals surface area (Å²) in [5.41, 5.74) is 4.86. The van der Waals surface area contributed by atoms with Gasteiger partial charge in [0.15, 0.2) is 5.84 Å². The van der Waals surface area contributed by atoms with E-state index in [0.717, 1.165) is 0 Å². The zero-order valence-electron chi connectivity index (χ0n) is 7.84. The molecular weight excluding hydrogens is 158 g/mol. The first kappa shape index (κ1) is 10.7. The van der Waals surface area contributed by atoms with E-state index in [2.05, 4.69) is 15.3 Å². The Kier molecular flexibility index (Phi) is 3.53. The van der Waals surface area contributed by atoms with Gasteiger partial charge in [0.05, 0.1) is 5.54 Å². The van der Waals surface area contributed by atoms with E-state index in [1.54, 1.807) is 13.8 Å². The van der Waals surface area contributed by atoms with E-state index in [0.29, 0.717) is 0 Å². The molecule has 0 fully saturated rings. The second-order valence-electron chi connectivity index (χ2n) is 2.97. The van der Waals surface area contributed by atoms with Gasteiger partial charge in [-0.2, -0.15) is 0 Å². The molecule has 0 heterocycles. The Labute approximate surface area is 71.9 Å². The maximum Gasteiger partial charge on any atom is 0.217 e. The van der Waals surface area contributed by atoms with E-state index < -0.39 is 5.54 Å². The third-order valence-electron chi connectivity index (χ3n) is 1.32. The molecule has 70 valence electrons. The minimum atomic E-state index is -0.665. The van der Waals surface area contributed by atoms with Crippen LogP contribution in [0.4, 0.5) is 0 Å². The predicted molar refractivity (Wildman–Crippen MR) is 46.5 cm³/mol. The number of nitrogens with zero attached hydrogens (tertiary/aromatic N) is 1. The molecule has 0 aliphatic heterocycles. The van der Waals surface area contributed by atoms with E-state index in [1.165, 1.54) is 14.0 Å². The molecule has 0 atom stereocenters. The highest BCUT2D eigenvalue weighted by Crippen LogP contribution is 2.01. The molecule has 0 bridgehead atoms. The Morgan fingerprint density at radius 3 is 2.42 bits per heavy atom. The summed E-state index contributed by atoms with van der Waals surface area (Å²) in [6, 6.07) is 0. The number of amides is 1. The van der Waals surface area contributed by atoms with Gasteiger partial charge in [-0.1, -0.05) is 5.16 Å². The molecule has 0 rings (SSSR count). The normalized spacial score (nSPS) is 12.5. The number of nitrogens with one attached hydrogen (secondary N) is 1. The average molecular weight is 173 g/mol. The second-order valence-corrected chi connectivity index (χ2v) is 2.97. The van der Waals surface area contributed by atoms with Gasteiger partial charge in [-0.15, -0.1) is 0 Å². The topological polar surface area (TPSA) is 76.7 Å². The molecular formula is C7H15N3O2. The van der Waals surface area contributed by atoms with Crippen LogP contribution in [0, 0.1) is 0 Å². The van der Waals surface area contributed by atoms with Crippen LogP contribution in [0.1, 0.15) is 20.8 Å². The lowest BCUT2D eigenvalue weighted by atomic mass is 10.0. The van der Waals surface area contributed by atoms with Gasteiger partial charge >= 0.3 is 0 Å². The van der Waals surface area contributed by atoms with Crippen molar-refractivity contribution in [3.05, 3.63) is 0 Å². The number of hydrogen-bond donors (Lipinski definition) is 2. The summed E-state index contributed by atoms with van der Waals surface area (Å²) in [5.74, 6) is 0.0782. The highest BCUT2D eigenvalue weighted by atomic mass is 16.6. The van der Waals surface area contributed by atoms with E-state index in [1.807, 2.05) is 0 Å². The number of amidine groups is 1. The van der Waals surface area contributed by atoms with Gasteiger partial charge in [0.1, 0.15) is 7.11 Å².